The van der Waals surface area contributed by atoms with Crippen LogP contribution in [0.3, 0.4) is 0 Å². The van der Waals surface area contributed by atoms with Crippen LogP contribution in [-0.4, -0.2) is 18.0 Å². The van der Waals surface area contributed by atoms with Crippen molar-refractivity contribution < 1.29 is 9.53 Å². The Morgan fingerprint density at radius 3 is 2.71 bits per heavy atom. The second kappa shape index (κ2) is 7.62. The molecule has 0 aliphatic rings. The molecule has 3 aromatic carbocycles. The maximum absolute atomic E-state index is 12.8. The molecule has 1 aromatic heterocycles. The van der Waals surface area contributed by atoms with Gasteiger partial charge in [-0.3, -0.25) is 4.79 Å². The standard InChI is InChI=1S/C22H17ClN2O2S/c1-13-7-8-14(22-25-17-5-3-4-6-20(17)28-22)11-18(13)24-21(26)16-12-15(23)9-10-19(16)27-2/h3-12H,1-2H3,(H,24,26). The molecule has 0 fully saturated rings. The first-order chi connectivity index (χ1) is 13.5. The molecule has 1 N–H and O–H groups in total. The van der Waals surface area contributed by atoms with Gasteiger partial charge in [0.25, 0.3) is 5.91 Å². The molecule has 1 heterocycles. The van der Waals surface area contributed by atoms with E-state index >= 15 is 0 Å². The molecule has 4 aromatic rings. The number of carbonyl (C=O) groups is 1. The molecule has 0 unspecified atom stereocenters. The molecule has 140 valence electrons. The van der Waals surface area contributed by atoms with Gasteiger partial charge in [-0.2, -0.15) is 0 Å². The highest BCUT2D eigenvalue weighted by Crippen LogP contribution is 2.33. The second-order valence-electron chi connectivity index (χ2n) is 6.32. The minimum atomic E-state index is -0.274. The highest BCUT2D eigenvalue weighted by Gasteiger charge is 2.15. The number of para-hydroxylation sites is 1. The zero-order valence-electron chi connectivity index (χ0n) is 15.3. The van der Waals surface area contributed by atoms with Gasteiger partial charge in [0, 0.05) is 16.3 Å². The Balaban J connectivity index is 1.68. The van der Waals surface area contributed by atoms with Crippen molar-refractivity contribution in [2.75, 3.05) is 12.4 Å². The number of thiazole rings is 1. The number of hydrogen-bond acceptors (Lipinski definition) is 4. The van der Waals surface area contributed by atoms with Crippen LogP contribution in [0, 0.1) is 6.92 Å². The quantitative estimate of drug-likeness (QED) is 0.438. The number of carbonyl (C=O) groups excluding carboxylic acids is 1. The lowest BCUT2D eigenvalue weighted by molar-refractivity contribution is 0.102. The van der Waals surface area contributed by atoms with E-state index in [9.17, 15) is 4.79 Å². The molecular formula is C22H17ClN2O2S. The van der Waals surface area contributed by atoms with E-state index in [0.717, 1.165) is 32.0 Å². The summed E-state index contributed by atoms with van der Waals surface area (Å²) >= 11 is 7.68. The average Bonchev–Trinajstić information content (AvgIpc) is 3.13. The number of amides is 1. The molecule has 0 aliphatic carbocycles. The third-order valence-electron chi connectivity index (χ3n) is 4.43. The zero-order chi connectivity index (χ0) is 19.7. The molecule has 1 amide bonds. The van der Waals surface area contributed by atoms with Gasteiger partial charge in [0.1, 0.15) is 10.8 Å². The summed E-state index contributed by atoms with van der Waals surface area (Å²) in [5, 5.41) is 4.36. The Morgan fingerprint density at radius 1 is 1.11 bits per heavy atom. The summed E-state index contributed by atoms with van der Waals surface area (Å²) < 4.78 is 6.42. The maximum Gasteiger partial charge on any atom is 0.259 e. The van der Waals surface area contributed by atoms with Crippen LogP contribution in [0.4, 0.5) is 5.69 Å². The van der Waals surface area contributed by atoms with Crippen molar-refractivity contribution in [2.24, 2.45) is 0 Å². The zero-order valence-corrected chi connectivity index (χ0v) is 16.9. The largest absolute Gasteiger partial charge is 0.496 e. The van der Waals surface area contributed by atoms with Crippen LogP contribution >= 0.6 is 22.9 Å². The first-order valence-corrected chi connectivity index (χ1v) is 9.86. The van der Waals surface area contributed by atoms with Crippen molar-refractivity contribution in [1.29, 1.82) is 0 Å². The third kappa shape index (κ3) is 3.59. The van der Waals surface area contributed by atoms with E-state index in [1.54, 1.807) is 29.5 Å². The van der Waals surface area contributed by atoms with Gasteiger partial charge >= 0.3 is 0 Å². The van der Waals surface area contributed by atoms with Crippen LogP contribution in [0.25, 0.3) is 20.8 Å². The molecule has 4 nitrogen and oxygen atoms in total. The van der Waals surface area contributed by atoms with Crippen molar-refractivity contribution in [3.8, 4) is 16.3 Å². The van der Waals surface area contributed by atoms with Crippen LogP contribution in [0.5, 0.6) is 5.75 Å². The third-order valence-corrected chi connectivity index (χ3v) is 5.75. The molecule has 0 atom stereocenters. The van der Waals surface area contributed by atoms with Gasteiger partial charge in [-0.15, -0.1) is 11.3 Å². The first-order valence-electron chi connectivity index (χ1n) is 8.66. The number of ether oxygens (including phenoxy) is 1. The molecule has 0 spiro atoms. The molecule has 0 aliphatic heterocycles. The lowest BCUT2D eigenvalue weighted by Crippen LogP contribution is -2.14. The predicted molar refractivity (Wildman–Crippen MR) is 116 cm³/mol. The van der Waals surface area contributed by atoms with E-state index in [1.165, 1.54) is 7.11 Å². The Morgan fingerprint density at radius 2 is 1.93 bits per heavy atom. The van der Waals surface area contributed by atoms with E-state index in [-0.39, 0.29) is 5.91 Å². The highest BCUT2D eigenvalue weighted by molar-refractivity contribution is 7.21. The van der Waals surface area contributed by atoms with Crippen LogP contribution in [0.15, 0.2) is 60.7 Å². The summed E-state index contributed by atoms with van der Waals surface area (Å²) in [4.78, 5) is 17.5. The number of aromatic nitrogens is 1. The van der Waals surface area contributed by atoms with Crippen LogP contribution in [0.1, 0.15) is 15.9 Å². The molecule has 6 heteroatoms. The predicted octanol–water partition coefficient (Wildman–Crippen LogP) is 6.19. The Kier molecular flexibility index (Phi) is 5.03. The van der Waals surface area contributed by atoms with Gasteiger partial charge in [0.2, 0.25) is 0 Å². The minimum Gasteiger partial charge on any atom is -0.496 e. The molecule has 0 radical (unpaired) electrons. The number of hydrogen-bond donors (Lipinski definition) is 1. The van der Waals surface area contributed by atoms with E-state index in [1.807, 2.05) is 43.3 Å². The SMILES string of the molecule is COc1ccc(Cl)cc1C(=O)Nc1cc(-c2nc3ccccc3s2)ccc1C. The molecule has 4 rings (SSSR count). The van der Waals surface area contributed by atoms with Gasteiger partial charge in [-0.1, -0.05) is 35.9 Å². The van der Waals surface area contributed by atoms with E-state index in [0.29, 0.717) is 16.3 Å². The maximum atomic E-state index is 12.8. The number of nitrogens with one attached hydrogen (secondary N) is 1. The van der Waals surface area contributed by atoms with Crippen molar-refractivity contribution >= 4 is 44.7 Å². The summed E-state index contributed by atoms with van der Waals surface area (Å²) in [7, 11) is 1.53. The summed E-state index contributed by atoms with van der Waals surface area (Å²) in [6, 6.07) is 18.9. The number of anilines is 1. The molecular weight excluding hydrogens is 392 g/mol. The van der Waals surface area contributed by atoms with Crippen LogP contribution in [0.2, 0.25) is 5.02 Å². The lowest BCUT2D eigenvalue weighted by atomic mass is 10.1. The molecule has 0 saturated heterocycles. The topological polar surface area (TPSA) is 51.2 Å². The van der Waals surface area contributed by atoms with E-state index < -0.39 is 0 Å². The number of fused-ring (bicyclic) bond motifs is 1. The molecule has 28 heavy (non-hydrogen) atoms. The van der Waals surface area contributed by atoms with Gasteiger partial charge in [-0.25, -0.2) is 4.98 Å². The van der Waals surface area contributed by atoms with Gasteiger partial charge < -0.3 is 10.1 Å². The highest BCUT2D eigenvalue weighted by atomic mass is 35.5. The Bertz CT molecular complexity index is 1150. The van der Waals surface area contributed by atoms with Crippen LogP contribution < -0.4 is 10.1 Å². The van der Waals surface area contributed by atoms with E-state index in [2.05, 4.69) is 11.4 Å². The summed E-state index contributed by atoms with van der Waals surface area (Å²) in [6.07, 6.45) is 0. The summed E-state index contributed by atoms with van der Waals surface area (Å²) in [5.74, 6) is 0.200. The number of rotatable bonds is 4. The van der Waals surface area contributed by atoms with Crippen molar-refractivity contribution in [3.63, 3.8) is 0 Å². The number of methoxy groups -OCH3 is 1. The summed E-state index contributed by atoms with van der Waals surface area (Å²) in [6.45, 7) is 1.95. The Hall–Kier alpha value is -2.89. The van der Waals surface area contributed by atoms with Crippen LogP contribution in [-0.2, 0) is 0 Å². The normalized spacial score (nSPS) is 10.8. The van der Waals surface area contributed by atoms with Gasteiger partial charge in [0.15, 0.2) is 0 Å². The Labute approximate surface area is 171 Å². The minimum absolute atomic E-state index is 0.274. The molecule has 0 bridgehead atoms. The van der Waals surface area contributed by atoms with Crippen molar-refractivity contribution in [2.45, 2.75) is 6.92 Å². The van der Waals surface area contributed by atoms with Gasteiger partial charge in [-0.05, 0) is 48.9 Å². The van der Waals surface area contributed by atoms with Gasteiger partial charge in [0.05, 0.1) is 22.9 Å². The fourth-order valence-electron chi connectivity index (χ4n) is 2.93. The monoisotopic (exact) mass is 408 g/mol. The number of aryl methyl sites for hydroxylation is 1. The first kappa shape index (κ1) is 18.5. The number of halogens is 1. The fraction of sp³-hybridized carbons (Fsp3) is 0.0909. The second-order valence-corrected chi connectivity index (χ2v) is 7.78. The number of benzene rings is 3. The summed E-state index contributed by atoms with van der Waals surface area (Å²) in [5.41, 5.74) is 4.00. The van der Waals surface area contributed by atoms with E-state index in [4.69, 9.17) is 21.3 Å². The fourth-order valence-corrected chi connectivity index (χ4v) is 4.07. The van der Waals surface area contributed by atoms with Crippen molar-refractivity contribution in [3.05, 3.63) is 76.8 Å². The molecule has 0 saturated carbocycles. The lowest BCUT2D eigenvalue weighted by Gasteiger charge is -2.12. The average molecular weight is 409 g/mol. The number of nitrogens with zero attached hydrogens (tertiary/aromatic N) is 1. The smallest absolute Gasteiger partial charge is 0.259 e. The van der Waals surface area contributed by atoms with Crippen molar-refractivity contribution in [1.82, 2.24) is 4.98 Å².